The molecule has 2 heterocycles. The van der Waals surface area contributed by atoms with Gasteiger partial charge in [-0.2, -0.15) is 0 Å². The van der Waals surface area contributed by atoms with Gasteiger partial charge >= 0.3 is 6.03 Å². The highest BCUT2D eigenvalue weighted by Crippen LogP contribution is 2.08. The number of nitrogens with one attached hydrogen (secondary N) is 2. The molecule has 0 aliphatic carbocycles. The molecule has 2 amide bonds. The van der Waals surface area contributed by atoms with Crippen molar-refractivity contribution in [3.63, 3.8) is 0 Å². The Labute approximate surface area is 109 Å². The lowest BCUT2D eigenvalue weighted by Crippen LogP contribution is -2.31. The van der Waals surface area contributed by atoms with E-state index in [1.165, 1.54) is 12.1 Å². The van der Waals surface area contributed by atoms with E-state index < -0.39 is 11.8 Å². The Balaban J connectivity index is 1.93. The van der Waals surface area contributed by atoms with Crippen molar-refractivity contribution in [2.45, 2.75) is 13.0 Å². The minimum atomic E-state index is -0.451. The molecule has 0 saturated heterocycles. The largest absolute Gasteiger partial charge is 0.330 e. The van der Waals surface area contributed by atoms with Gasteiger partial charge < -0.3 is 5.32 Å². The molecule has 1 unspecified atom stereocenters. The van der Waals surface area contributed by atoms with Gasteiger partial charge in [0.1, 0.15) is 11.6 Å². The molecule has 2 aromatic heterocycles. The Hall–Kier alpha value is -2.50. The van der Waals surface area contributed by atoms with E-state index in [0.717, 1.165) is 11.9 Å². The van der Waals surface area contributed by atoms with E-state index in [0.29, 0.717) is 0 Å². The van der Waals surface area contributed by atoms with Crippen molar-refractivity contribution in [1.29, 1.82) is 0 Å². The second-order valence-corrected chi connectivity index (χ2v) is 3.94. The number of urea groups is 1. The zero-order valence-corrected chi connectivity index (χ0v) is 10.3. The van der Waals surface area contributed by atoms with E-state index in [4.69, 9.17) is 0 Å². The van der Waals surface area contributed by atoms with Gasteiger partial charge in [-0.1, -0.05) is 6.07 Å². The molecular formula is C13H13FN4O. The van der Waals surface area contributed by atoms with Crippen LogP contribution in [0, 0.1) is 5.82 Å². The molecule has 1 atom stereocenters. The average Bonchev–Trinajstić information content (AvgIpc) is 2.42. The van der Waals surface area contributed by atoms with E-state index in [2.05, 4.69) is 20.6 Å². The zero-order valence-electron chi connectivity index (χ0n) is 10.3. The molecule has 0 aromatic carbocycles. The Bertz CT molecular complexity index is 544. The van der Waals surface area contributed by atoms with Gasteiger partial charge in [-0.15, -0.1) is 0 Å². The summed E-state index contributed by atoms with van der Waals surface area (Å²) in [4.78, 5) is 19.6. The number of aromatic nitrogens is 2. The third-order valence-electron chi connectivity index (χ3n) is 2.45. The summed E-state index contributed by atoms with van der Waals surface area (Å²) in [5.74, 6) is -0.167. The molecule has 0 saturated carbocycles. The van der Waals surface area contributed by atoms with Crippen LogP contribution in [-0.2, 0) is 0 Å². The van der Waals surface area contributed by atoms with E-state index in [1.54, 1.807) is 12.3 Å². The van der Waals surface area contributed by atoms with Crippen molar-refractivity contribution < 1.29 is 9.18 Å². The van der Waals surface area contributed by atoms with E-state index in [9.17, 15) is 9.18 Å². The maximum absolute atomic E-state index is 12.7. The fourth-order valence-electron chi connectivity index (χ4n) is 1.50. The molecule has 2 N–H and O–H groups in total. The second-order valence-electron chi connectivity index (χ2n) is 3.94. The van der Waals surface area contributed by atoms with E-state index in [1.807, 2.05) is 19.1 Å². The quantitative estimate of drug-likeness (QED) is 0.891. The number of carbonyl (C=O) groups excluding carboxylic acids is 1. The predicted octanol–water partition coefficient (Wildman–Crippen LogP) is 2.50. The van der Waals surface area contributed by atoms with Gasteiger partial charge in [0.25, 0.3) is 0 Å². The lowest BCUT2D eigenvalue weighted by atomic mass is 10.2. The second kappa shape index (κ2) is 5.90. The minimum absolute atomic E-state index is 0.235. The van der Waals surface area contributed by atoms with Crippen LogP contribution in [0.2, 0.25) is 0 Å². The minimum Gasteiger partial charge on any atom is -0.330 e. The molecule has 6 heteroatoms. The number of carbonyl (C=O) groups is 1. The molecule has 98 valence electrons. The smallest absolute Gasteiger partial charge is 0.320 e. The Morgan fingerprint density at radius 2 is 2.11 bits per heavy atom. The first-order valence-electron chi connectivity index (χ1n) is 5.75. The van der Waals surface area contributed by atoms with Gasteiger partial charge in [0.2, 0.25) is 0 Å². The van der Waals surface area contributed by atoms with E-state index in [-0.39, 0.29) is 11.9 Å². The first-order valence-corrected chi connectivity index (χ1v) is 5.75. The molecular weight excluding hydrogens is 247 g/mol. The lowest BCUT2D eigenvalue weighted by Gasteiger charge is -2.13. The molecule has 2 rings (SSSR count). The Morgan fingerprint density at radius 3 is 2.74 bits per heavy atom. The number of anilines is 1. The normalized spacial score (nSPS) is 11.7. The highest BCUT2D eigenvalue weighted by Gasteiger charge is 2.10. The molecule has 5 nitrogen and oxygen atoms in total. The summed E-state index contributed by atoms with van der Waals surface area (Å²) in [6, 6.07) is 7.43. The van der Waals surface area contributed by atoms with Crippen molar-refractivity contribution in [3.05, 3.63) is 54.2 Å². The summed E-state index contributed by atoms with van der Waals surface area (Å²) in [6.07, 6.45) is 2.70. The van der Waals surface area contributed by atoms with Gasteiger partial charge in [0, 0.05) is 6.20 Å². The lowest BCUT2D eigenvalue weighted by molar-refractivity contribution is 0.249. The highest BCUT2D eigenvalue weighted by molar-refractivity contribution is 5.88. The molecule has 0 bridgehead atoms. The number of hydrogen-bond acceptors (Lipinski definition) is 3. The molecule has 0 spiro atoms. The van der Waals surface area contributed by atoms with Crippen LogP contribution in [0.1, 0.15) is 18.7 Å². The number of halogens is 1. The summed E-state index contributed by atoms with van der Waals surface area (Å²) in [7, 11) is 0. The van der Waals surface area contributed by atoms with Crippen LogP contribution in [0.3, 0.4) is 0 Å². The number of hydrogen-bond donors (Lipinski definition) is 2. The van der Waals surface area contributed by atoms with Crippen LogP contribution in [0.25, 0.3) is 0 Å². The van der Waals surface area contributed by atoms with Crippen molar-refractivity contribution in [1.82, 2.24) is 15.3 Å². The van der Waals surface area contributed by atoms with E-state index >= 15 is 0 Å². The summed E-state index contributed by atoms with van der Waals surface area (Å²) < 4.78 is 12.7. The van der Waals surface area contributed by atoms with Crippen LogP contribution in [-0.4, -0.2) is 16.0 Å². The van der Waals surface area contributed by atoms with Gasteiger partial charge in [-0.05, 0) is 31.2 Å². The Kier molecular flexibility index (Phi) is 4.02. The highest BCUT2D eigenvalue weighted by atomic mass is 19.1. The SMILES string of the molecule is CC(NC(=O)Nc1ccc(F)cn1)c1ccccn1. The monoisotopic (exact) mass is 260 g/mol. The first-order chi connectivity index (χ1) is 9.15. The van der Waals surface area contributed by atoms with Gasteiger partial charge in [-0.25, -0.2) is 14.2 Å². The van der Waals surface area contributed by atoms with Crippen LogP contribution < -0.4 is 10.6 Å². The van der Waals surface area contributed by atoms with Gasteiger partial charge in [0.05, 0.1) is 17.9 Å². The molecule has 0 aliphatic rings. The van der Waals surface area contributed by atoms with Gasteiger partial charge in [-0.3, -0.25) is 10.3 Å². The molecule has 19 heavy (non-hydrogen) atoms. The third kappa shape index (κ3) is 3.74. The van der Waals surface area contributed by atoms with Gasteiger partial charge in [0.15, 0.2) is 0 Å². The summed E-state index contributed by atoms with van der Waals surface area (Å²) in [6.45, 7) is 1.82. The summed E-state index contributed by atoms with van der Waals surface area (Å²) in [5.41, 5.74) is 0.754. The fourth-order valence-corrected chi connectivity index (χ4v) is 1.50. The molecule has 0 radical (unpaired) electrons. The maximum atomic E-state index is 12.7. The number of amides is 2. The summed E-state index contributed by atoms with van der Waals surface area (Å²) in [5, 5.41) is 5.23. The topological polar surface area (TPSA) is 66.9 Å². The van der Waals surface area contributed by atoms with Crippen molar-refractivity contribution in [2.75, 3.05) is 5.32 Å². The van der Waals surface area contributed by atoms with Crippen molar-refractivity contribution in [3.8, 4) is 0 Å². The van der Waals surface area contributed by atoms with Crippen LogP contribution >= 0.6 is 0 Å². The standard InChI is InChI=1S/C13H13FN4O/c1-9(11-4-2-3-7-15-11)17-13(19)18-12-6-5-10(14)8-16-12/h2-9H,1H3,(H2,16,17,18,19). The predicted molar refractivity (Wildman–Crippen MR) is 69.0 cm³/mol. The average molecular weight is 260 g/mol. The molecule has 0 fully saturated rings. The first kappa shape index (κ1) is 12.9. The van der Waals surface area contributed by atoms with Crippen LogP contribution in [0.15, 0.2) is 42.7 Å². The van der Waals surface area contributed by atoms with Crippen LogP contribution in [0.4, 0.5) is 15.0 Å². The Morgan fingerprint density at radius 1 is 1.26 bits per heavy atom. The maximum Gasteiger partial charge on any atom is 0.320 e. The number of rotatable bonds is 3. The summed E-state index contributed by atoms with van der Waals surface area (Å²) >= 11 is 0. The molecule has 2 aromatic rings. The van der Waals surface area contributed by atoms with Crippen molar-refractivity contribution in [2.24, 2.45) is 0 Å². The third-order valence-corrected chi connectivity index (χ3v) is 2.45. The van der Waals surface area contributed by atoms with Crippen molar-refractivity contribution >= 4 is 11.8 Å². The number of pyridine rings is 2. The number of nitrogens with zero attached hydrogens (tertiary/aromatic N) is 2. The molecule has 0 aliphatic heterocycles. The van der Waals surface area contributed by atoms with Crippen LogP contribution in [0.5, 0.6) is 0 Å². The fraction of sp³-hybridized carbons (Fsp3) is 0.154. The zero-order chi connectivity index (χ0) is 13.7.